The molecule has 0 radical (unpaired) electrons. The molecule has 85 heavy (non-hydrogen) atoms. The fourth-order valence-corrected chi connectivity index (χ4v) is 8.77. The Kier molecular flexibility index (Phi) is 29.5. The first-order valence-electron chi connectivity index (χ1n) is 25.3. The number of nitrogens with one attached hydrogen (secondary N) is 1. The summed E-state index contributed by atoms with van der Waals surface area (Å²) in [4.78, 5) is 80.6. The Morgan fingerprint density at radius 1 is 0.612 bits per heavy atom. The van der Waals surface area contributed by atoms with Crippen molar-refractivity contribution in [3.05, 3.63) is 206 Å². The largest absolute Gasteiger partial charge is 0.399 e. The third-order valence-corrected chi connectivity index (χ3v) is 13.6. The molecule has 5 heterocycles. The van der Waals surface area contributed by atoms with E-state index in [-0.39, 0.29) is 48.0 Å². The van der Waals surface area contributed by atoms with Crippen molar-refractivity contribution in [3.63, 3.8) is 0 Å². The molecule has 444 valence electrons. The number of allylic oxidation sites excluding steroid dienone is 1. The SMILES string of the molecule is CC.CC1=CC(=O)N(c2ccc(Br)cn2)C1=O.CC1=CC(=O)OC1=O.NS(=O)(=O)c1ccccc1-c1ccc(CC(=O)/C=C\C(=O)Nc2ccc(Br)cn2)cc1.Nc1ccc(-c2ccccc2S(N)(=O)=O)cc1.Nc1ccc(Br)cn1.[CH3][Al]([CH3])[CH3]. The van der Waals surface area contributed by atoms with Gasteiger partial charge in [-0.1, -0.05) is 86.6 Å². The van der Waals surface area contributed by atoms with Crippen molar-refractivity contribution in [2.24, 2.45) is 10.3 Å². The van der Waals surface area contributed by atoms with Crippen molar-refractivity contribution in [2.45, 2.75) is 61.3 Å². The Labute approximate surface area is 523 Å². The number of nitrogen functional groups attached to an aromatic ring is 2. The molecule has 7 aromatic rings. The fraction of sp³-hybridized carbons (Fsp3) is 0.136. The maximum absolute atomic E-state index is 12.2. The molecule has 4 aromatic carbocycles. The minimum Gasteiger partial charge on any atom is -0.399 e. The summed E-state index contributed by atoms with van der Waals surface area (Å²) in [7, 11) is -7.58. The number of imide groups is 1. The standard InChI is InChI=1S/C22H18BrN3O4S.C12H12N2O2S.C10H7BrN2O2.C5H5BrN2.C5H4O3.C2H6.3CH3.Al/c23-17-9-11-21(25-14-17)26-22(28)12-10-18(27)13-15-5-7-16(8-6-15)19-3-1-2-4-20(19)31(24,29)30;13-10-7-5-9(6-8-10)11-3-1-2-4-12(11)17(14,15)16;1-6-4-9(14)13(10(6)15)8-3-2-7(11)5-12-8;6-4-1-2-5(7)8-3-4;1-3-2-4(6)8-5(3)7;1-2;;;;/h1-12,14H,13H2,(H2,24,29,30)(H,25,26,28);1-8H,13H2,(H2,14,15,16);2-5H,1H3;1-3H,(H2,7,8);2H,1H3;1-2H3;3*1H3;/b12-10-;;;;;;;;;. The number of esters is 2. The summed E-state index contributed by atoms with van der Waals surface area (Å²) >= 11 is 9.58. The number of sulfonamides is 2. The van der Waals surface area contributed by atoms with Gasteiger partial charge in [0.15, 0.2) is 5.78 Å². The van der Waals surface area contributed by atoms with Crippen LogP contribution in [0.5, 0.6) is 0 Å². The number of pyridine rings is 3. The highest BCUT2D eigenvalue weighted by Crippen LogP contribution is 2.29. The minimum absolute atomic E-state index is 0.0352. The zero-order valence-corrected chi connectivity index (χ0v) is 54.6. The first-order chi connectivity index (χ1) is 40.0. The Morgan fingerprint density at radius 2 is 1.08 bits per heavy atom. The van der Waals surface area contributed by atoms with Gasteiger partial charge in [-0.25, -0.2) is 56.6 Å². The molecule has 0 aliphatic carbocycles. The second kappa shape index (κ2) is 35.0. The van der Waals surface area contributed by atoms with Gasteiger partial charge < -0.3 is 21.5 Å². The number of amides is 3. The summed E-state index contributed by atoms with van der Waals surface area (Å²) < 4.78 is 53.1. The molecular formula is C59H61AlBr3N9O11S2. The predicted molar refractivity (Wildman–Crippen MR) is 343 cm³/mol. The van der Waals surface area contributed by atoms with E-state index in [1.54, 1.807) is 141 Å². The Hall–Kier alpha value is -7.64. The van der Waals surface area contributed by atoms with Crippen LogP contribution >= 0.6 is 47.8 Å². The van der Waals surface area contributed by atoms with Crippen LogP contribution in [-0.2, 0) is 60.0 Å². The summed E-state index contributed by atoms with van der Waals surface area (Å²) in [6, 6.07) is 37.2. The van der Waals surface area contributed by atoms with Gasteiger partial charge in [0.05, 0.1) is 9.79 Å². The molecule has 20 nitrogen and oxygen atoms in total. The van der Waals surface area contributed by atoms with E-state index < -0.39 is 37.9 Å². The van der Waals surface area contributed by atoms with Crippen LogP contribution in [-0.4, -0.2) is 81.4 Å². The van der Waals surface area contributed by atoms with Gasteiger partial charge in [-0.15, -0.1) is 17.4 Å². The number of ketones is 1. The number of hydrogen-bond acceptors (Lipinski definition) is 16. The molecule has 0 bridgehead atoms. The van der Waals surface area contributed by atoms with Gasteiger partial charge in [0.25, 0.3) is 26.0 Å². The highest BCUT2D eigenvalue weighted by Gasteiger charge is 2.30. The second-order valence-electron chi connectivity index (χ2n) is 18.0. The number of rotatable bonds is 10. The summed E-state index contributed by atoms with van der Waals surface area (Å²) in [5, 5.41) is 13.0. The molecule has 2 aliphatic heterocycles. The van der Waals surface area contributed by atoms with E-state index in [2.05, 4.69) is 90.2 Å². The Morgan fingerprint density at radius 3 is 1.46 bits per heavy atom. The van der Waals surface area contributed by atoms with Crippen LogP contribution in [0.1, 0.15) is 33.3 Å². The average molecular weight is 1400 g/mol. The van der Waals surface area contributed by atoms with Gasteiger partial charge in [-0.05, 0) is 145 Å². The smallest absolute Gasteiger partial charge is 0.341 e. The molecular weight excluding hydrogens is 1340 g/mol. The van der Waals surface area contributed by atoms with Gasteiger partial charge in [0.2, 0.25) is 26.0 Å². The molecule has 0 saturated carbocycles. The van der Waals surface area contributed by atoms with Crippen LogP contribution < -0.4 is 32.0 Å². The van der Waals surface area contributed by atoms with Gasteiger partial charge in [-0.3, -0.25) is 19.2 Å². The number of primary sulfonamides is 2. The first-order valence-corrected chi connectivity index (χ1v) is 34.3. The zero-order valence-electron chi connectivity index (χ0n) is 47.1. The van der Waals surface area contributed by atoms with Crippen molar-refractivity contribution in [2.75, 3.05) is 21.7 Å². The van der Waals surface area contributed by atoms with E-state index in [1.165, 1.54) is 37.3 Å². The van der Waals surface area contributed by atoms with Crippen LogP contribution in [0.3, 0.4) is 0 Å². The average Bonchev–Trinajstić information content (AvgIpc) is 3.63. The van der Waals surface area contributed by atoms with E-state index in [0.29, 0.717) is 51.0 Å². The maximum atomic E-state index is 12.2. The van der Waals surface area contributed by atoms with Crippen LogP contribution in [0, 0.1) is 0 Å². The molecule has 2 aliphatic rings. The van der Waals surface area contributed by atoms with Crippen molar-refractivity contribution < 1.29 is 50.3 Å². The van der Waals surface area contributed by atoms with E-state index in [1.807, 2.05) is 19.9 Å². The number of aromatic nitrogens is 3. The molecule has 0 fully saturated rings. The molecule has 26 heteroatoms. The number of cyclic esters (lactones) is 2. The lowest BCUT2D eigenvalue weighted by Gasteiger charge is -2.12. The Balaban J connectivity index is 0.000000296. The van der Waals surface area contributed by atoms with Gasteiger partial charge in [-0.2, -0.15) is 0 Å². The molecule has 0 spiro atoms. The van der Waals surface area contributed by atoms with Gasteiger partial charge >= 0.3 is 11.9 Å². The van der Waals surface area contributed by atoms with Gasteiger partial charge in [0, 0.05) is 84.6 Å². The monoisotopic (exact) mass is 1400 g/mol. The highest BCUT2D eigenvalue weighted by atomic mass is 79.9. The number of anilines is 4. The molecule has 3 aromatic heterocycles. The maximum Gasteiger partial charge on any atom is 0.341 e. The van der Waals surface area contributed by atoms with Crippen LogP contribution in [0.15, 0.2) is 211 Å². The lowest BCUT2D eigenvalue weighted by atomic mass is 10.0. The quantitative estimate of drug-likeness (QED) is 0.0212. The van der Waals surface area contributed by atoms with E-state index >= 15 is 0 Å². The first kappa shape index (κ1) is 71.6. The van der Waals surface area contributed by atoms with E-state index in [4.69, 9.17) is 21.7 Å². The van der Waals surface area contributed by atoms with Crippen LogP contribution in [0.25, 0.3) is 22.3 Å². The number of ether oxygens (including phenoxy) is 1. The number of nitrogens with two attached hydrogens (primary N) is 4. The summed E-state index contributed by atoms with van der Waals surface area (Å²) in [6.07, 6.45) is 9.70. The van der Waals surface area contributed by atoms with Crippen molar-refractivity contribution in [3.8, 4) is 22.3 Å². The van der Waals surface area contributed by atoms with E-state index in [9.17, 15) is 45.6 Å². The molecule has 0 atom stereocenters. The predicted octanol–water partition coefficient (Wildman–Crippen LogP) is 10.6. The van der Waals surface area contributed by atoms with Crippen molar-refractivity contribution in [1.82, 2.24) is 15.0 Å². The second-order valence-corrected chi connectivity index (χ2v) is 27.3. The summed E-state index contributed by atoms with van der Waals surface area (Å²) in [5.74, 6) is 5.73. The van der Waals surface area contributed by atoms with Crippen LogP contribution in [0.4, 0.5) is 23.1 Å². The number of carbonyl (C=O) groups is 6. The third-order valence-electron chi connectivity index (χ3n) is 10.3. The highest BCUT2D eigenvalue weighted by molar-refractivity contribution is 9.11. The molecule has 0 unspecified atom stereocenters. The minimum atomic E-state index is -3.86. The fourth-order valence-electron chi connectivity index (χ4n) is 6.55. The number of halogens is 3. The third kappa shape index (κ3) is 25.2. The lowest BCUT2D eigenvalue weighted by molar-refractivity contribution is -0.150. The van der Waals surface area contributed by atoms with Crippen LogP contribution in [0.2, 0.25) is 17.4 Å². The topological polar surface area (TPSA) is 338 Å². The van der Waals surface area contributed by atoms with Crippen molar-refractivity contribution in [1.29, 1.82) is 0 Å². The Bertz CT molecular complexity index is 3760. The van der Waals surface area contributed by atoms with Crippen molar-refractivity contribution >= 4 is 141 Å². The molecule has 0 saturated heterocycles. The number of hydrogen-bond donors (Lipinski definition) is 5. The summed E-state index contributed by atoms with van der Waals surface area (Å²) in [6.45, 7) is 7.15. The molecule has 3 amide bonds. The summed E-state index contributed by atoms with van der Waals surface area (Å²) in [5.41, 5.74) is 15.5. The molecule has 9 N–H and O–H groups in total. The molecule has 9 rings (SSSR count). The zero-order chi connectivity index (χ0) is 63.6. The lowest BCUT2D eigenvalue weighted by Crippen LogP contribution is -2.31. The number of benzene rings is 4. The van der Waals surface area contributed by atoms with Gasteiger partial charge in [0.1, 0.15) is 17.5 Å². The number of nitrogens with zero attached hydrogens (tertiary/aromatic N) is 4. The normalized spacial score (nSPS) is 12.2. The number of carbonyl (C=O) groups excluding carboxylic acids is 6. The van der Waals surface area contributed by atoms with E-state index in [0.717, 1.165) is 35.5 Å².